The van der Waals surface area contributed by atoms with Gasteiger partial charge in [0.25, 0.3) is 5.91 Å². The Bertz CT molecular complexity index is 1020. The lowest BCUT2D eigenvalue weighted by Gasteiger charge is -2.20. The maximum Gasteiger partial charge on any atom is 0.338 e. The number of rotatable bonds is 6. The Morgan fingerprint density at radius 3 is 2.34 bits per heavy atom. The zero-order valence-electron chi connectivity index (χ0n) is 16.5. The van der Waals surface area contributed by atoms with Crippen molar-refractivity contribution in [3.05, 3.63) is 59.9 Å². The van der Waals surface area contributed by atoms with Crippen molar-refractivity contribution in [3.63, 3.8) is 0 Å². The Kier molecular flexibility index (Phi) is 6.76. The first-order valence-corrected chi connectivity index (χ1v) is 10.3. The highest BCUT2D eigenvalue weighted by Gasteiger charge is 2.24. The third kappa shape index (κ3) is 6.65. The normalized spacial score (nSPS) is 12.9. The van der Waals surface area contributed by atoms with Crippen LogP contribution in [0, 0.1) is 5.82 Å². The van der Waals surface area contributed by atoms with Gasteiger partial charge in [-0.2, -0.15) is 0 Å². The van der Waals surface area contributed by atoms with Gasteiger partial charge in [-0.25, -0.2) is 22.3 Å². The minimum Gasteiger partial charge on any atom is -0.449 e. The summed E-state index contributed by atoms with van der Waals surface area (Å²) in [6, 6.07) is 10.6. The predicted octanol–water partition coefficient (Wildman–Crippen LogP) is 3.09. The van der Waals surface area contributed by atoms with Crippen molar-refractivity contribution < 1.29 is 27.1 Å². The Labute approximate surface area is 169 Å². The highest BCUT2D eigenvalue weighted by molar-refractivity contribution is 7.89. The van der Waals surface area contributed by atoms with E-state index in [1.165, 1.54) is 49.4 Å². The smallest absolute Gasteiger partial charge is 0.338 e. The van der Waals surface area contributed by atoms with Crippen LogP contribution in [0.1, 0.15) is 38.1 Å². The van der Waals surface area contributed by atoms with Crippen molar-refractivity contribution in [2.45, 2.75) is 44.2 Å². The van der Waals surface area contributed by atoms with Gasteiger partial charge in [0.15, 0.2) is 6.10 Å². The quantitative estimate of drug-likeness (QED) is 0.697. The van der Waals surface area contributed by atoms with Gasteiger partial charge in [-0.1, -0.05) is 12.1 Å². The van der Waals surface area contributed by atoms with Crippen molar-refractivity contribution in [1.82, 2.24) is 4.72 Å². The van der Waals surface area contributed by atoms with E-state index in [1.54, 1.807) is 20.8 Å². The number of carbonyl (C=O) groups is 2. The molecule has 0 radical (unpaired) electrons. The van der Waals surface area contributed by atoms with Crippen LogP contribution in [0.2, 0.25) is 0 Å². The summed E-state index contributed by atoms with van der Waals surface area (Å²) in [5.41, 5.74) is -0.495. The SMILES string of the molecule is C[C@H](OC(=O)c1cccc(S(=O)(=O)NC(C)(C)C)c1)C(=O)Nc1cccc(F)c1. The molecule has 0 aromatic heterocycles. The minimum atomic E-state index is -3.84. The molecule has 0 saturated heterocycles. The summed E-state index contributed by atoms with van der Waals surface area (Å²) < 4.78 is 45.7. The number of anilines is 1. The van der Waals surface area contributed by atoms with E-state index in [9.17, 15) is 22.4 Å². The van der Waals surface area contributed by atoms with Crippen molar-refractivity contribution in [1.29, 1.82) is 0 Å². The number of halogens is 1. The topological polar surface area (TPSA) is 102 Å². The van der Waals surface area contributed by atoms with Gasteiger partial charge in [0, 0.05) is 11.2 Å². The number of esters is 1. The molecule has 2 aromatic carbocycles. The van der Waals surface area contributed by atoms with Crippen molar-refractivity contribution in [2.75, 3.05) is 5.32 Å². The zero-order valence-corrected chi connectivity index (χ0v) is 17.3. The van der Waals surface area contributed by atoms with E-state index >= 15 is 0 Å². The molecule has 1 atom stereocenters. The molecule has 9 heteroatoms. The number of ether oxygens (including phenoxy) is 1. The molecule has 0 aliphatic rings. The highest BCUT2D eigenvalue weighted by atomic mass is 32.2. The third-order valence-electron chi connectivity index (χ3n) is 3.57. The van der Waals surface area contributed by atoms with Crippen LogP contribution in [0.15, 0.2) is 53.4 Å². The maximum absolute atomic E-state index is 13.2. The van der Waals surface area contributed by atoms with Crippen molar-refractivity contribution in [2.24, 2.45) is 0 Å². The van der Waals surface area contributed by atoms with Crippen LogP contribution in [0.25, 0.3) is 0 Å². The summed E-state index contributed by atoms with van der Waals surface area (Å²) in [6.07, 6.45) is -1.18. The fourth-order valence-corrected chi connectivity index (χ4v) is 3.81. The number of sulfonamides is 1. The molecule has 2 N–H and O–H groups in total. The van der Waals surface area contributed by atoms with E-state index in [0.29, 0.717) is 0 Å². The third-order valence-corrected chi connectivity index (χ3v) is 5.32. The first kappa shape index (κ1) is 22.5. The summed E-state index contributed by atoms with van der Waals surface area (Å²) >= 11 is 0. The van der Waals surface area contributed by atoms with Gasteiger partial charge in [-0.05, 0) is 64.1 Å². The van der Waals surface area contributed by atoms with Crippen LogP contribution >= 0.6 is 0 Å². The lowest BCUT2D eigenvalue weighted by molar-refractivity contribution is -0.123. The van der Waals surface area contributed by atoms with Gasteiger partial charge in [0.05, 0.1) is 10.5 Å². The summed E-state index contributed by atoms with van der Waals surface area (Å²) in [5.74, 6) is -2.03. The van der Waals surface area contributed by atoms with Gasteiger partial charge in [0.2, 0.25) is 10.0 Å². The van der Waals surface area contributed by atoms with E-state index in [4.69, 9.17) is 4.74 Å². The van der Waals surface area contributed by atoms with Crippen LogP contribution in [0.3, 0.4) is 0 Å². The number of hydrogen-bond donors (Lipinski definition) is 2. The second-order valence-electron chi connectivity index (χ2n) is 7.43. The molecule has 2 aromatic rings. The van der Waals surface area contributed by atoms with Gasteiger partial charge < -0.3 is 10.1 Å². The minimum absolute atomic E-state index is 0.0211. The van der Waals surface area contributed by atoms with Crippen LogP contribution in [-0.4, -0.2) is 31.9 Å². The molecule has 7 nitrogen and oxygen atoms in total. The van der Waals surface area contributed by atoms with Crippen molar-refractivity contribution in [3.8, 4) is 0 Å². The molecule has 0 unspecified atom stereocenters. The molecule has 0 heterocycles. The van der Waals surface area contributed by atoms with E-state index in [1.807, 2.05) is 0 Å². The average Bonchev–Trinajstić information content (AvgIpc) is 2.59. The molecule has 0 spiro atoms. The molecule has 1 amide bonds. The van der Waals surface area contributed by atoms with Crippen LogP contribution in [0.4, 0.5) is 10.1 Å². The first-order chi connectivity index (χ1) is 13.4. The molecule has 0 saturated carbocycles. The molecule has 0 fully saturated rings. The second-order valence-corrected chi connectivity index (χ2v) is 9.11. The summed E-state index contributed by atoms with van der Waals surface area (Å²) in [5, 5.41) is 2.44. The Morgan fingerprint density at radius 1 is 1.07 bits per heavy atom. The van der Waals surface area contributed by atoms with Crippen LogP contribution < -0.4 is 10.0 Å². The summed E-state index contributed by atoms with van der Waals surface area (Å²) in [4.78, 5) is 24.4. The lowest BCUT2D eigenvalue weighted by Crippen LogP contribution is -2.40. The van der Waals surface area contributed by atoms with Crippen LogP contribution in [-0.2, 0) is 19.6 Å². The fourth-order valence-electron chi connectivity index (χ4n) is 2.34. The predicted molar refractivity (Wildman–Crippen MR) is 106 cm³/mol. The molecular weight excluding hydrogens is 399 g/mol. The van der Waals surface area contributed by atoms with Gasteiger partial charge in [-0.15, -0.1) is 0 Å². The molecule has 156 valence electrons. The lowest BCUT2D eigenvalue weighted by atomic mass is 10.1. The zero-order chi connectivity index (χ0) is 21.8. The Hall–Kier alpha value is -2.78. The summed E-state index contributed by atoms with van der Waals surface area (Å²) in [7, 11) is -3.84. The maximum atomic E-state index is 13.2. The average molecular weight is 422 g/mol. The largest absolute Gasteiger partial charge is 0.449 e. The summed E-state index contributed by atoms with van der Waals surface area (Å²) in [6.45, 7) is 6.44. The number of benzene rings is 2. The fraction of sp³-hybridized carbons (Fsp3) is 0.300. The Balaban J connectivity index is 2.09. The van der Waals surface area contributed by atoms with Crippen molar-refractivity contribution >= 4 is 27.6 Å². The van der Waals surface area contributed by atoms with E-state index < -0.39 is 39.4 Å². The highest BCUT2D eigenvalue weighted by Crippen LogP contribution is 2.16. The van der Waals surface area contributed by atoms with E-state index in [2.05, 4.69) is 10.0 Å². The van der Waals surface area contributed by atoms with Gasteiger partial charge in [0.1, 0.15) is 5.82 Å². The molecule has 29 heavy (non-hydrogen) atoms. The van der Waals surface area contributed by atoms with Gasteiger partial charge in [-0.3, -0.25) is 4.79 Å². The number of nitrogens with one attached hydrogen (secondary N) is 2. The monoisotopic (exact) mass is 422 g/mol. The first-order valence-electron chi connectivity index (χ1n) is 8.79. The standard InChI is InChI=1S/C20H23FN2O5S/c1-13(18(24)22-16-9-6-8-15(21)12-16)28-19(25)14-7-5-10-17(11-14)29(26,27)23-20(2,3)4/h5-13,23H,1-4H3,(H,22,24)/t13-/m0/s1. The molecule has 2 rings (SSSR count). The molecule has 0 aliphatic heterocycles. The van der Waals surface area contributed by atoms with E-state index in [0.717, 1.165) is 6.07 Å². The van der Waals surface area contributed by atoms with Crippen LogP contribution in [0.5, 0.6) is 0 Å². The van der Waals surface area contributed by atoms with E-state index in [-0.39, 0.29) is 16.1 Å². The Morgan fingerprint density at radius 2 is 1.72 bits per heavy atom. The van der Waals surface area contributed by atoms with Gasteiger partial charge >= 0.3 is 5.97 Å². The second kappa shape index (κ2) is 8.71. The molecule has 0 aliphatic carbocycles. The molecular formula is C20H23FN2O5S. The molecule has 0 bridgehead atoms. The number of carbonyl (C=O) groups excluding carboxylic acids is 2. The number of amides is 1. The number of hydrogen-bond acceptors (Lipinski definition) is 5.